The van der Waals surface area contributed by atoms with Crippen molar-refractivity contribution < 1.29 is 19.1 Å². The minimum absolute atomic E-state index is 0.128. The van der Waals surface area contributed by atoms with Crippen molar-refractivity contribution in [2.45, 2.75) is 59.3 Å². The van der Waals surface area contributed by atoms with E-state index in [2.05, 4.69) is 13.8 Å². The Bertz CT molecular complexity index is 312. The third-order valence-electron chi connectivity index (χ3n) is 3.80. The maximum atomic E-state index is 12.0. The molecule has 0 heterocycles. The van der Waals surface area contributed by atoms with Crippen molar-refractivity contribution in [3.8, 4) is 0 Å². The van der Waals surface area contributed by atoms with Crippen LogP contribution in [0.5, 0.6) is 0 Å². The van der Waals surface area contributed by atoms with Gasteiger partial charge < -0.3 is 9.47 Å². The molecule has 0 N–H and O–H groups in total. The van der Waals surface area contributed by atoms with Crippen LogP contribution in [-0.4, -0.2) is 25.2 Å². The van der Waals surface area contributed by atoms with E-state index in [0.717, 1.165) is 32.1 Å². The highest BCUT2D eigenvalue weighted by atomic mass is 16.5. The summed E-state index contributed by atoms with van der Waals surface area (Å²) >= 11 is 0. The smallest absolute Gasteiger partial charge is 0.308 e. The SMILES string of the molecule is CCOC(=O)C1CCCC(C(=O)OCCCC(C)C)C1. The van der Waals surface area contributed by atoms with Gasteiger partial charge in [-0.25, -0.2) is 0 Å². The van der Waals surface area contributed by atoms with Crippen molar-refractivity contribution in [1.82, 2.24) is 0 Å². The van der Waals surface area contributed by atoms with E-state index in [4.69, 9.17) is 9.47 Å². The highest BCUT2D eigenvalue weighted by Gasteiger charge is 2.32. The maximum Gasteiger partial charge on any atom is 0.308 e. The van der Waals surface area contributed by atoms with Gasteiger partial charge in [0.25, 0.3) is 0 Å². The molecule has 1 rings (SSSR count). The summed E-state index contributed by atoms with van der Waals surface area (Å²) in [4.78, 5) is 23.7. The molecule has 0 aromatic heterocycles. The Labute approximate surface area is 122 Å². The van der Waals surface area contributed by atoms with Gasteiger partial charge in [-0.1, -0.05) is 20.3 Å². The summed E-state index contributed by atoms with van der Waals surface area (Å²) in [6.07, 6.45) is 5.13. The highest BCUT2D eigenvalue weighted by Crippen LogP contribution is 2.30. The summed E-state index contributed by atoms with van der Waals surface area (Å²) in [6.45, 7) is 7.03. The third kappa shape index (κ3) is 5.93. The molecule has 0 bridgehead atoms. The molecule has 0 saturated heterocycles. The van der Waals surface area contributed by atoms with Gasteiger partial charge in [-0.15, -0.1) is 0 Å². The van der Waals surface area contributed by atoms with Crippen LogP contribution in [0.3, 0.4) is 0 Å². The number of rotatable bonds is 7. The second kappa shape index (κ2) is 8.98. The minimum Gasteiger partial charge on any atom is -0.466 e. The largest absolute Gasteiger partial charge is 0.466 e. The zero-order valence-corrected chi connectivity index (χ0v) is 13.0. The number of hydrogen-bond acceptors (Lipinski definition) is 4. The standard InChI is InChI=1S/C16H28O4/c1-4-19-15(17)13-8-5-9-14(11-13)16(18)20-10-6-7-12(2)3/h12-14H,4-11H2,1-3H3. The second-order valence-corrected chi connectivity index (χ2v) is 6.02. The van der Waals surface area contributed by atoms with Gasteiger partial charge in [-0.05, 0) is 44.9 Å². The summed E-state index contributed by atoms with van der Waals surface area (Å²) < 4.78 is 10.4. The van der Waals surface area contributed by atoms with Crippen LogP contribution < -0.4 is 0 Å². The van der Waals surface area contributed by atoms with Crippen molar-refractivity contribution in [2.24, 2.45) is 17.8 Å². The molecule has 2 atom stereocenters. The lowest BCUT2D eigenvalue weighted by atomic mass is 9.81. The molecule has 0 amide bonds. The summed E-state index contributed by atoms with van der Waals surface area (Å²) in [6, 6.07) is 0. The third-order valence-corrected chi connectivity index (χ3v) is 3.80. The van der Waals surface area contributed by atoms with Crippen LogP contribution in [0, 0.1) is 17.8 Å². The first-order valence-corrected chi connectivity index (χ1v) is 7.87. The molecular weight excluding hydrogens is 256 g/mol. The number of carbonyl (C=O) groups excluding carboxylic acids is 2. The zero-order valence-electron chi connectivity index (χ0n) is 13.0. The van der Waals surface area contributed by atoms with E-state index in [1.165, 1.54) is 0 Å². The molecule has 0 radical (unpaired) electrons. The lowest BCUT2D eigenvalue weighted by Crippen LogP contribution is -2.29. The molecule has 1 saturated carbocycles. The van der Waals surface area contributed by atoms with Crippen molar-refractivity contribution in [3.63, 3.8) is 0 Å². The van der Waals surface area contributed by atoms with Crippen LogP contribution in [-0.2, 0) is 19.1 Å². The second-order valence-electron chi connectivity index (χ2n) is 6.02. The molecule has 4 nitrogen and oxygen atoms in total. The number of esters is 2. The van der Waals surface area contributed by atoms with E-state index in [0.29, 0.717) is 25.6 Å². The minimum atomic E-state index is -0.162. The summed E-state index contributed by atoms with van der Waals surface area (Å²) in [5, 5.41) is 0. The van der Waals surface area contributed by atoms with E-state index < -0.39 is 0 Å². The van der Waals surface area contributed by atoms with Crippen LogP contribution in [0.2, 0.25) is 0 Å². The normalized spacial score (nSPS) is 22.6. The van der Waals surface area contributed by atoms with Gasteiger partial charge >= 0.3 is 11.9 Å². The van der Waals surface area contributed by atoms with Gasteiger partial charge in [0.05, 0.1) is 25.0 Å². The summed E-state index contributed by atoms with van der Waals surface area (Å²) in [5.74, 6) is 0.0817. The Kier molecular flexibility index (Phi) is 7.63. The lowest BCUT2D eigenvalue weighted by molar-refractivity contribution is -0.154. The van der Waals surface area contributed by atoms with Gasteiger partial charge in [0.15, 0.2) is 0 Å². The van der Waals surface area contributed by atoms with Crippen LogP contribution >= 0.6 is 0 Å². The quantitative estimate of drug-likeness (QED) is 0.531. The Balaban J connectivity index is 2.31. The number of hydrogen-bond donors (Lipinski definition) is 0. The highest BCUT2D eigenvalue weighted by molar-refractivity contribution is 5.76. The molecule has 1 aliphatic carbocycles. The summed E-state index contributed by atoms with van der Waals surface area (Å²) in [7, 11) is 0. The lowest BCUT2D eigenvalue weighted by Gasteiger charge is -2.26. The molecule has 1 aliphatic rings. The molecule has 20 heavy (non-hydrogen) atoms. The zero-order chi connectivity index (χ0) is 15.0. The van der Waals surface area contributed by atoms with Gasteiger partial charge in [0, 0.05) is 0 Å². The van der Waals surface area contributed by atoms with Gasteiger partial charge in [0.1, 0.15) is 0 Å². The van der Waals surface area contributed by atoms with E-state index in [1.54, 1.807) is 6.92 Å². The molecule has 116 valence electrons. The fourth-order valence-electron chi connectivity index (χ4n) is 2.66. The predicted molar refractivity (Wildman–Crippen MR) is 77.1 cm³/mol. The Morgan fingerprint density at radius 1 is 1.10 bits per heavy atom. The Morgan fingerprint density at radius 3 is 2.25 bits per heavy atom. The average Bonchev–Trinajstić information content (AvgIpc) is 2.43. The molecule has 0 aromatic carbocycles. The van der Waals surface area contributed by atoms with Crippen LogP contribution in [0.4, 0.5) is 0 Å². The first-order valence-electron chi connectivity index (χ1n) is 7.87. The van der Waals surface area contributed by atoms with Crippen LogP contribution in [0.25, 0.3) is 0 Å². The molecule has 2 unspecified atom stereocenters. The first kappa shape index (κ1) is 17.0. The molecule has 1 fully saturated rings. The van der Waals surface area contributed by atoms with Crippen molar-refractivity contribution in [3.05, 3.63) is 0 Å². The first-order chi connectivity index (χ1) is 9.54. The van der Waals surface area contributed by atoms with E-state index in [-0.39, 0.29) is 23.8 Å². The number of carbonyl (C=O) groups is 2. The van der Waals surface area contributed by atoms with Crippen molar-refractivity contribution in [1.29, 1.82) is 0 Å². The molecule has 0 spiro atoms. The monoisotopic (exact) mass is 284 g/mol. The topological polar surface area (TPSA) is 52.6 Å². The molecular formula is C16H28O4. The Morgan fingerprint density at radius 2 is 1.70 bits per heavy atom. The molecule has 0 aromatic rings. The van der Waals surface area contributed by atoms with Crippen molar-refractivity contribution in [2.75, 3.05) is 13.2 Å². The summed E-state index contributed by atoms with van der Waals surface area (Å²) in [5.41, 5.74) is 0. The van der Waals surface area contributed by atoms with Gasteiger partial charge in [-0.3, -0.25) is 9.59 Å². The Hall–Kier alpha value is -1.06. The van der Waals surface area contributed by atoms with E-state index >= 15 is 0 Å². The molecule has 0 aliphatic heterocycles. The van der Waals surface area contributed by atoms with Crippen LogP contribution in [0.1, 0.15) is 59.3 Å². The maximum absolute atomic E-state index is 12.0. The van der Waals surface area contributed by atoms with Crippen molar-refractivity contribution >= 4 is 11.9 Å². The predicted octanol–water partition coefficient (Wildman–Crippen LogP) is 3.34. The fraction of sp³-hybridized carbons (Fsp3) is 0.875. The van der Waals surface area contributed by atoms with Gasteiger partial charge in [0.2, 0.25) is 0 Å². The van der Waals surface area contributed by atoms with Crippen LogP contribution in [0.15, 0.2) is 0 Å². The van der Waals surface area contributed by atoms with E-state index in [1.807, 2.05) is 0 Å². The molecule has 4 heteroatoms. The number of ether oxygens (including phenoxy) is 2. The van der Waals surface area contributed by atoms with Gasteiger partial charge in [-0.2, -0.15) is 0 Å². The average molecular weight is 284 g/mol. The fourth-order valence-corrected chi connectivity index (χ4v) is 2.66. The van der Waals surface area contributed by atoms with E-state index in [9.17, 15) is 9.59 Å².